The maximum absolute atomic E-state index is 12.2. The largest absolute Gasteiger partial charge is 0.293 e. The Morgan fingerprint density at radius 2 is 2.03 bits per heavy atom. The maximum atomic E-state index is 12.2. The molecule has 0 atom stereocenters. The number of hydrogen-bond acceptors (Lipinski definition) is 6. The van der Waals surface area contributed by atoms with E-state index in [1.165, 1.54) is 28.7 Å². The van der Waals surface area contributed by atoms with E-state index in [4.69, 9.17) is 10.1 Å². The summed E-state index contributed by atoms with van der Waals surface area (Å²) in [4.78, 5) is 22.7. The minimum atomic E-state index is -0.0693. The van der Waals surface area contributed by atoms with Crippen LogP contribution in [0.3, 0.4) is 0 Å². The van der Waals surface area contributed by atoms with Gasteiger partial charge in [0.15, 0.2) is 5.13 Å². The molecule has 1 N–H and O–H groups in total. The summed E-state index contributed by atoms with van der Waals surface area (Å²) in [6.07, 6.45) is 5.68. The minimum Gasteiger partial charge on any atom is -0.293 e. The van der Waals surface area contributed by atoms with Gasteiger partial charge in [-0.1, -0.05) is 61.6 Å². The standard InChI is InChI=1S/C26H27N5OS2/c1-4-8-18-12-11-17(15-27-18)22-19-13-14-20-24(34-25(28-20)29-26(32)33-5-2)23(19)31(30-22)21-10-7-6-9-16(21)3/h6-7,9-12,15H,4-5,8,13-14H2,1-3H3,(H,28,29,32). The normalized spacial score (nSPS) is 12.3. The van der Waals surface area contributed by atoms with Crippen LogP contribution in [-0.4, -0.2) is 30.7 Å². The SMILES string of the molecule is CCCc1ccc(-c2nn(-c3ccccc3C)c3c2CCc2nc(NC(=O)SCC)sc2-3)cn1. The third-order valence-electron chi connectivity index (χ3n) is 5.94. The molecule has 1 aliphatic carbocycles. The molecule has 1 aliphatic rings. The van der Waals surface area contributed by atoms with Gasteiger partial charge in [-0.15, -0.1) is 0 Å². The summed E-state index contributed by atoms with van der Waals surface area (Å²) in [6, 6.07) is 12.5. The van der Waals surface area contributed by atoms with Gasteiger partial charge < -0.3 is 0 Å². The van der Waals surface area contributed by atoms with Crippen LogP contribution in [0.4, 0.5) is 9.93 Å². The fraction of sp³-hybridized carbons (Fsp3) is 0.308. The zero-order chi connectivity index (χ0) is 23.7. The molecule has 3 aromatic heterocycles. The number of nitrogens with one attached hydrogen (secondary N) is 1. The number of rotatable bonds is 6. The van der Waals surface area contributed by atoms with Crippen LogP contribution in [0.15, 0.2) is 42.6 Å². The topological polar surface area (TPSA) is 72.7 Å². The molecule has 174 valence electrons. The van der Waals surface area contributed by atoms with Gasteiger partial charge >= 0.3 is 0 Å². The number of aryl methyl sites for hydroxylation is 3. The summed E-state index contributed by atoms with van der Waals surface area (Å²) in [5.74, 6) is 0.732. The molecule has 6 nitrogen and oxygen atoms in total. The second-order valence-corrected chi connectivity index (χ2v) is 10.5. The first-order valence-corrected chi connectivity index (χ1v) is 13.5. The Morgan fingerprint density at radius 3 is 2.76 bits per heavy atom. The van der Waals surface area contributed by atoms with E-state index in [0.717, 1.165) is 75.9 Å². The van der Waals surface area contributed by atoms with Crippen LogP contribution in [0.5, 0.6) is 0 Å². The fourth-order valence-electron chi connectivity index (χ4n) is 4.35. The van der Waals surface area contributed by atoms with Gasteiger partial charge in [0.1, 0.15) is 0 Å². The van der Waals surface area contributed by atoms with Crippen molar-refractivity contribution in [3.05, 3.63) is 65.1 Å². The van der Waals surface area contributed by atoms with E-state index in [2.05, 4.69) is 53.1 Å². The predicted octanol–water partition coefficient (Wildman–Crippen LogP) is 6.70. The molecule has 0 saturated heterocycles. The third kappa shape index (κ3) is 4.28. The van der Waals surface area contributed by atoms with Gasteiger partial charge in [0.25, 0.3) is 5.24 Å². The number of hydrogen-bond donors (Lipinski definition) is 1. The van der Waals surface area contributed by atoms with Gasteiger partial charge in [-0.25, -0.2) is 9.67 Å². The number of amides is 1. The molecule has 0 saturated carbocycles. The molecule has 5 rings (SSSR count). The lowest BCUT2D eigenvalue weighted by molar-refractivity contribution is 0.270. The van der Waals surface area contributed by atoms with Crippen molar-refractivity contribution in [1.29, 1.82) is 0 Å². The summed E-state index contributed by atoms with van der Waals surface area (Å²) in [6.45, 7) is 6.24. The van der Waals surface area contributed by atoms with Crippen LogP contribution in [-0.2, 0) is 19.3 Å². The molecule has 3 heterocycles. The van der Waals surface area contributed by atoms with E-state index in [1.807, 2.05) is 25.3 Å². The first kappa shape index (κ1) is 22.8. The van der Waals surface area contributed by atoms with Crippen molar-refractivity contribution in [2.45, 2.75) is 46.5 Å². The fourth-order valence-corrected chi connectivity index (χ4v) is 5.91. The van der Waals surface area contributed by atoms with Crippen LogP contribution in [0.25, 0.3) is 27.5 Å². The van der Waals surface area contributed by atoms with E-state index >= 15 is 0 Å². The van der Waals surface area contributed by atoms with Crippen molar-refractivity contribution in [2.24, 2.45) is 0 Å². The number of thioether (sulfide) groups is 1. The smallest absolute Gasteiger partial charge is 0.285 e. The molecular weight excluding hydrogens is 462 g/mol. The Labute approximate surface area is 207 Å². The Bertz CT molecular complexity index is 1340. The Kier molecular flexibility index (Phi) is 6.52. The van der Waals surface area contributed by atoms with Gasteiger partial charge in [0, 0.05) is 23.0 Å². The highest BCUT2D eigenvalue weighted by Gasteiger charge is 2.30. The molecule has 1 amide bonds. The average molecular weight is 490 g/mol. The van der Waals surface area contributed by atoms with E-state index in [-0.39, 0.29) is 5.24 Å². The Balaban J connectivity index is 1.65. The molecule has 0 spiro atoms. The number of anilines is 1. The van der Waals surface area contributed by atoms with Crippen LogP contribution in [0, 0.1) is 6.92 Å². The molecule has 8 heteroatoms. The van der Waals surface area contributed by atoms with Crippen molar-refractivity contribution in [1.82, 2.24) is 19.7 Å². The summed E-state index contributed by atoms with van der Waals surface area (Å²) in [5.41, 5.74) is 8.62. The molecule has 0 radical (unpaired) electrons. The maximum Gasteiger partial charge on any atom is 0.285 e. The summed E-state index contributed by atoms with van der Waals surface area (Å²) >= 11 is 2.79. The molecule has 0 unspecified atom stereocenters. The van der Waals surface area contributed by atoms with Crippen molar-refractivity contribution < 1.29 is 4.79 Å². The highest BCUT2D eigenvalue weighted by molar-refractivity contribution is 8.13. The second-order valence-electron chi connectivity index (χ2n) is 8.30. The number of carbonyl (C=O) groups is 1. The monoisotopic (exact) mass is 489 g/mol. The van der Waals surface area contributed by atoms with Gasteiger partial charge in [-0.2, -0.15) is 5.10 Å². The highest BCUT2D eigenvalue weighted by Crippen LogP contribution is 2.44. The molecule has 0 fully saturated rings. The van der Waals surface area contributed by atoms with Crippen LogP contribution in [0.1, 0.15) is 42.8 Å². The number of thiazole rings is 1. The first-order valence-electron chi connectivity index (χ1n) is 11.7. The van der Waals surface area contributed by atoms with Crippen molar-refractivity contribution in [3.63, 3.8) is 0 Å². The average Bonchev–Trinajstić information content (AvgIpc) is 3.41. The van der Waals surface area contributed by atoms with Crippen LogP contribution in [0.2, 0.25) is 0 Å². The van der Waals surface area contributed by atoms with Gasteiger partial charge in [-0.05, 0) is 55.7 Å². The van der Waals surface area contributed by atoms with Crippen molar-refractivity contribution >= 4 is 33.5 Å². The van der Waals surface area contributed by atoms with E-state index in [9.17, 15) is 4.79 Å². The zero-order valence-electron chi connectivity index (χ0n) is 19.6. The lowest BCUT2D eigenvalue weighted by atomic mass is 9.95. The van der Waals surface area contributed by atoms with E-state index < -0.39 is 0 Å². The molecule has 0 aliphatic heterocycles. The lowest BCUT2D eigenvalue weighted by Gasteiger charge is -2.15. The third-order valence-corrected chi connectivity index (χ3v) is 7.61. The second kappa shape index (κ2) is 9.72. The number of para-hydroxylation sites is 1. The van der Waals surface area contributed by atoms with Crippen molar-refractivity contribution in [3.8, 4) is 27.5 Å². The lowest BCUT2D eigenvalue weighted by Crippen LogP contribution is -2.07. The molecule has 0 bridgehead atoms. The summed E-state index contributed by atoms with van der Waals surface area (Å²) in [5, 5.41) is 8.66. The minimum absolute atomic E-state index is 0.0693. The Morgan fingerprint density at radius 1 is 1.18 bits per heavy atom. The van der Waals surface area contributed by atoms with Gasteiger partial charge in [0.2, 0.25) is 0 Å². The van der Waals surface area contributed by atoms with E-state index in [0.29, 0.717) is 5.13 Å². The van der Waals surface area contributed by atoms with Crippen LogP contribution < -0.4 is 5.32 Å². The highest BCUT2D eigenvalue weighted by atomic mass is 32.2. The number of carbonyl (C=O) groups excluding carboxylic acids is 1. The quantitative estimate of drug-likeness (QED) is 0.326. The molecular formula is C26H27N5OS2. The first-order chi connectivity index (χ1) is 16.6. The number of fused-ring (bicyclic) bond motifs is 3. The predicted molar refractivity (Wildman–Crippen MR) is 141 cm³/mol. The molecule has 1 aromatic carbocycles. The van der Waals surface area contributed by atoms with Gasteiger partial charge in [0.05, 0.1) is 27.6 Å². The number of pyridine rings is 1. The van der Waals surface area contributed by atoms with E-state index in [1.54, 1.807) is 0 Å². The molecule has 34 heavy (non-hydrogen) atoms. The van der Waals surface area contributed by atoms with Crippen LogP contribution >= 0.6 is 23.1 Å². The summed E-state index contributed by atoms with van der Waals surface area (Å²) < 4.78 is 2.06. The van der Waals surface area contributed by atoms with Crippen molar-refractivity contribution in [2.75, 3.05) is 11.1 Å². The summed E-state index contributed by atoms with van der Waals surface area (Å²) in [7, 11) is 0. The molecule has 4 aromatic rings. The number of nitrogens with zero attached hydrogens (tertiary/aromatic N) is 4. The van der Waals surface area contributed by atoms with Gasteiger partial charge in [-0.3, -0.25) is 15.1 Å². The number of aromatic nitrogens is 4. The zero-order valence-corrected chi connectivity index (χ0v) is 21.2. The Hall–Kier alpha value is -2.97. The number of benzene rings is 1.